The highest BCUT2D eigenvalue weighted by molar-refractivity contribution is 5.64. The lowest BCUT2D eigenvalue weighted by Gasteiger charge is -2.10. The molecule has 270 valence electrons. The smallest absolute Gasteiger partial charge is 0.119 e. The van der Waals surface area contributed by atoms with Gasteiger partial charge in [0.2, 0.25) is 0 Å². The highest BCUT2D eigenvalue weighted by Crippen LogP contribution is 2.27. The molecule has 0 spiro atoms. The second kappa shape index (κ2) is 22.4. The van der Waals surface area contributed by atoms with E-state index < -0.39 is 0 Å². The van der Waals surface area contributed by atoms with Crippen LogP contribution >= 0.6 is 0 Å². The van der Waals surface area contributed by atoms with Gasteiger partial charge in [0.15, 0.2) is 0 Å². The molecule has 50 heavy (non-hydrogen) atoms. The second-order valence-corrected chi connectivity index (χ2v) is 13.1. The van der Waals surface area contributed by atoms with E-state index in [0.717, 1.165) is 135 Å². The molecule has 0 unspecified atom stereocenters. The van der Waals surface area contributed by atoms with E-state index in [-0.39, 0.29) is 0 Å². The molecule has 0 atom stereocenters. The van der Waals surface area contributed by atoms with Gasteiger partial charge in [-0.25, -0.2) is 0 Å². The van der Waals surface area contributed by atoms with Crippen LogP contribution in [-0.4, -0.2) is 36.6 Å². The number of unbranched alkanes of at least 4 members (excludes halogenated alkanes) is 8. The number of aryl methyl sites for hydroxylation is 2. The molecule has 4 aromatic rings. The molecular weight excluding hydrogens is 624 g/mol. The van der Waals surface area contributed by atoms with E-state index >= 15 is 0 Å². The van der Waals surface area contributed by atoms with Gasteiger partial charge in [-0.1, -0.05) is 51.0 Å². The molecule has 0 aliphatic rings. The van der Waals surface area contributed by atoms with E-state index in [0.29, 0.717) is 37.9 Å². The molecule has 0 aliphatic heterocycles. The first-order valence-electron chi connectivity index (χ1n) is 18.9. The van der Waals surface area contributed by atoms with Crippen molar-refractivity contribution in [3.8, 4) is 45.6 Å². The Hall–Kier alpha value is -4.32. The van der Waals surface area contributed by atoms with Gasteiger partial charge in [-0.05, 0) is 160 Å². The van der Waals surface area contributed by atoms with Gasteiger partial charge >= 0.3 is 0 Å². The van der Waals surface area contributed by atoms with Crippen LogP contribution in [0.2, 0.25) is 0 Å². The Kier molecular flexibility index (Phi) is 17.2. The van der Waals surface area contributed by atoms with Crippen molar-refractivity contribution in [1.82, 2.24) is 0 Å². The maximum absolute atomic E-state index is 10.0. The van der Waals surface area contributed by atoms with E-state index in [1.807, 2.05) is 48.5 Å². The van der Waals surface area contributed by atoms with Crippen molar-refractivity contribution in [3.05, 3.63) is 96.1 Å². The summed E-state index contributed by atoms with van der Waals surface area (Å²) in [5.74, 6) is 4.20. The Morgan fingerprint density at radius 1 is 0.380 bits per heavy atom. The Labute approximate surface area is 300 Å². The summed E-state index contributed by atoms with van der Waals surface area (Å²) in [5, 5.41) is 20.1. The van der Waals surface area contributed by atoms with Crippen LogP contribution in [0.25, 0.3) is 11.1 Å². The minimum atomic E-state index is 0.362. The summed E-state index contributed by atoms with van der Waals surface area (Å²) in [6, 6.07) is 27.7. The average Bonchev–Trinajstić information content (AvgIpc) is 3.14. The van der Waals surface area contributed by atoms with Crippen LogP contribution < -0.4 is 18.9 Å². The Morgan fingerprint density at radius 3 is 1.04 bits per heavy atom. The maximum Gasteiger partial charge on any atom is 0.119 e. The molecule has 0 heterocycles. The molecule has 0 fully saturated rings. The van der Waals surface area contributed by atoms with E-state index in [2.05, 4.69) is 38.1 Å². The number of aromatic hydroxyl groups is 2. The van der Waals surface area contributed by atoms with Gasteiger partial charge in [0.25, 0.3) is 0 Å². The predicted molar refractivity (Wildman–Crippen MR) is 204 cm³/mol. The van der Waals surface area contributed by atoms with Crippen molar-refractivity contribution in [2.75, 3.05) is 26.4 Å². The lowest BCUT2D eigenvalue weighted by molar-refractivity contribution is 0.287. The molecule has 4 aromatic carbocycles. The number of hydrogen-bond donors (Lipinski definition) is 2. The molecule has 0 bridgehead atoms. The first-order valence-corrected chi connectivity index (χ1v) is 18.9. The highest BCUT2D eigenvalue weighted by atomic mass is 16.5. The van der Waals surface area contributed by atoms with Gasteiger partial charge < -0.3 is 29.2 Å². The summed E-state index contributed by atoms with van der Waals surface area (Å²) in [6.45, 7) is 7.10. The predicted octanol–water partition coefficient (Wildman–Crippen LogP) is 11.5. The van der Waals surface area contributed by atoms with Gasteiger partial charge in [0, 0.05) is 0 Å². The molecule has 6 heteroatoms. The number of ether oxygens (including phenoxy) is 4. The third-order valence-corrected chi connectivity index (χ3v) is 8.90. The molecule has 0 saturated carbocycles. The third-order valence-electron chi connectivity index (χ3n) is 8.90. The fourth-order valence-electron chi connectivity index (χ4n) is 5.80. The summed E-state index contributed by atoms with van der Waals surface area (Å²) in [7, 11) is 0. The molecule has 0 saturated heterocycles. The zero-order valence-corrected chi connectivity index (χ0v) is 30.3. The van der Waals surface area contributed by atoms with E-state index in [9.17, 15) is 10.2 Å². The van der Waals surface area contributed by atoms with Crippen molar-refractivity contribution >= 4 is 0 Å². The zero-order chi connectivity index (χ0) is 35.2. The first-order chi connectivity index (χ1) is 24.6. The van der Waals surface area contributed by atoms with Crippen LogP contribution in [0.5, 0.6) is 34.5 Å². The fourth-order valence-corrected chi connectivity index (χ4v) is 5.80. The minimum absolute atomic E-state index is 0.362. The normalized spacial score (nSPS) is 11.0. The Bertz CT molecular complexity index is 1380. The van der Waals surface area contributed by atoms with E-state index in [1.54, 1.807) is 12.1 Å². The van der Waals surface area contributed by atoms with Crippen molar-refractivity contribution < 1.29 is 29.2 Å². The number of rotatable bonds is 25. The van der Waals surface area contributed by atoms with Crippen molar-refractivity contribution in [1.29, 1.82) is 0 Å². The Morgan fingerprint density at radius 2 is 0.700 bits per heavy atom. The van der Waals surface area contributed by atoms with E-state index in [1.165, 1.54) is 0 Å². The zero-order valence-electron chi connectivity index (χ0n) is 30.3. The van der Waals surface area contributed by atoms with Gasteiger partial charge in [-0.2, -0.15) is 0 Å². The number of phenolic OH excluding ortho intramolecular Hbond substituents is 2. The van der Waals surface area contributed by atoms with Gasteiger partial charge in [-0.3, -0.25) is 0 Å². The van der Waals surface area contributed by atoms with Crippen LogP contribution in [0.3, 0.4) is 0 Å². The monoisotopic (exact) mass is 682 g/mol. The molecule has 0 amide bonds. The molecule has 0 aromatic heterocycles. The molecule has 0 radical (unpaired) electrons. The molecule has 4 rings (SSSR count). The standard InChI is InChI=1S/C44H58O6/c1-3-5-15-37-33-41(25-27-43(37)45)49-31-13-9-7-11-29-47-39-21-17-35(18-22-39)36-19-23-40(24-20-36)48-30-12-8-10-14-32-50-42-26-28-44(46)38(34-42)16-6-4-2/h17-28,33-34,45-46H,3-16,29-32H2,1-2H3. The number of phenols is 2. The largest absolute Gasteiger partial charge is 0.508 e. The third kappa shape index (κ3) is 13.9. The highest BCUT2D eigenvalue weighted by Gasteiger charge is 2.06. The van der Waals surface area contributed by atoms with Crippen LogP contribution in [0.15, 0.2) is 84.9 Å². The first kappa shape index (κ1) is 38.5. The van der Waals surface area contributed by atoms with Crippen molar-refractivity contribution in [3.63, 3.8) is 0 Å². The molecule has 6 nitrogen and oxygen atoms in total. The van der Waals surface area contributed by atoms with Crippen LogP contribution in [0.1, 0.15) is 102 Å². The van der Waals surface area contributed by atoms with E-state index in [4.69, 9.17) is 18.9 Å². The van der Waals surface area contributed by atoms with Crippen LogP contribution in [0.4, 0.5) is 0 Å². The van der Waals surface area contributed by atoms with Crippen molar-refractivity contribution in [2.24, 2.45) is 0 Å². The fraction of sp³-hybridized carbons (Fsp3) is 0.455. The lowest BCUT2D eigenvalue weighted by Crippen LogP contribution is -2.00. The topological polar surface area (TPSA) is 77.4 Å². The number of benzene rings is 4. The van der Waals surface area contributed by atoms with Crippen LogP contribution in [-0.2, 0) is 12.8 Å². The second-order valence-electron chi connectivity index (χ2n) is 13.1. The van der Waals surface area contributed by atoms with Crippen molar-refractivity contribution in [2.45, 2.75) is 104 Å². The molecule has 2 N–H and O–H groups in total. The van der Waals surface area contributed by atoms with Crippen LogP contribution in [0, 0.1) is 0 Å². The van der Waals surface area contributed by atoms with Gasteiger partial charge in [0.1, 0.15) is 34.5 Å². The summed E-state index contributed by atoms with van der Waals surface area (Å²) in [4.78, 5) is 0. The molecular formula is C44H58O6. The summed E-state index contributed by atoms with van der Waals surface area (Å²) in [6.07, 6.45) is 14.5. The average molecular weight is 683 g/mol. The lowest BCUT2D eigenvalue weighted by atomic mass is 10.1. The van der Waals surface area contributed by atoms with Gasteiger partial charge in [-0.15, -0.1) is 0 Å². The van der Waals surface area contributed by atoms with Gasteiger partial charge in [0.05, 0.1) is 26.4 Å². The quantitative estimate of drug-likeness (QED) is 0.0678. The Balaban J connectivity index is 1.02. The molecule has 0 aliphatic carbocycles. The summed E-state index contributed by atoms with van der Waals surface area (Å²) >= 11 is 0. The SMILES string of the molecule is CCCCc1cc(OCCCCCCOc2ccc(-c3ccc(OCCCCCCOc4ccc(O)c(CCCC)c4)cc3)cc2)ccc1O. The number of hydrogen-bond acceptors (Lipinski definition) is 6. The summed E-state index contributed by atoms with van der Waals surface area (Å²) < 4.78 is 23.8. The maximum atomic E-state index is 10.0. The summed E-state index contributed by atoms with van der Waals surface area (Å²) in [5.41, 5.74) is 4.25. The minimum Gasteiger partial charge on any atom is -0.508 e.